The molecule has 0 aliphatic heterocycles. The Kier molecular flexibility index (Phi) is 4.76. The van der Waals surface area contributed by atoms with Gasteiger partial charge in [-0.3, -0.25) is 4.68 Å². The fourth-order valence-corrected chi connectivity index (χ4v) is 2.01. The smallest absolute Gasteiger partial charge is 0.315 e. The summed E-state index contributed by atoms with van der Waals surface area (Å²) in [5.74, 6) is 0. The molecule has 1 aromatic carbocycles. The van der Waals surface area contributed by atoms with Gasteiger partial charge in [0.05, 0.1) is 12.2 Å². The second kappa shape index (κ2) is 6.75. The number of urea groups is 1. The monoisotopic (exact) mass is 272 g/mol. The van der Waals surface area contributed by atoms with Gasteiger partial charge in [0.2, 0.25) is 0 Å². The summed E-state index contributed by atoms with van der Waals surface area (Å²) in [5, 5.41) is 9.73. The minimum atomic E-state index is -0.153. The lowest BCUT2D eigenvalue weighted by molar-refractivity contribution is 0.240. The average molecular weight is 272 g/mol. The molecule has 0 spiro atoms. The third kappa shape index (κ3) is 3.85. The fourth-order valence-electron chi connectivity index (χ4n) is 2.01. The highest BCUT2D eigenvalue weighted by Gasteiger charge is 2.03. The maximum atomic E-state index is 11.7. The molecular formula is C15H20N4O. The number of hydrogen-bond donors (Lipinski definition) is 2. The van der Waals surface area contributed by atoms with Gasteiger partial charge in [-0.15, -0.1) is 0 Å². The first-order valence-electron chi connectivity index (χ1n) is 6.70. The van der Waals surface area contributed by atoms with E-state index < -0.39 is 0 Å². The predicted octanol–water partition coefficient (Wildman–Crippen LogP) is 1.77. The van der Waals surface area contributed by atoms with Crippen LogP contribution >= 0.6 is 0 Å². The van der Waals surface area contributed by atoms with Gasteiger partial charge in [0.1, 0.15) is 0 Å². The van der Waals surface area contributed by atoms with Crippen LogP contribution in [0.1, 0.15) is 16.8 Å². The Hall–Kier alpha value is -2.30. The topological polar surface area (TPSA) is 59.0 Å². The molecule has 0 bridgehead atoms. The molecule has 2 aromatic rings. The standard InChI is InChI=1S/C15H20N4O/c1-12-5-3-4-6-13(12)7-9-16-15(20)17-11-14-8-10-18-19(14)2/h3-6,8,10H,7,9,11H2,1-2H3,(H2,16,17,20). The lowest BCUT2D eigenvalue weighted by Gasteiger charge is -2.09. The van der Waals surface area contributed by atoms with Gasteiger partial charge in [-0.25, -0.2) is 4.79 Å². The molecule has 0 fully saturated rings. The van der Waals surface area contributed by atoms with Gasteiger partial charge in [-0.05, 0) is 30.5 Å². The number of aromatic nitrogens is 2. The van der Waals surface area contributed by atoms with E-state index in [9.17, 15) is 4.79 Å². The van der Waals surface area contributed by atoms with Gasteiger partial charge in [0, 0.05) is 19.8 Å². The van der Waals surface area contributed by atoms with Crippen LogP contribution in [-0.2, 0) is 20.0 Å². The lowest BCUT2D eigenvalue weighted by Crippen LogP contribution is -2.36. The van der Waals surface area contributed by atoms with E-state index in [0.717, 1.165) is 12.1 Å². The van der Waals surface area contributed by atoms with E-state index in [-0.39, 0.29) is 6.03 Å². The van der Waals surface area contributed by atoms with Crippen molar-refractivity contribution in [2.24, 2.45) is 7.05 Å². The number of hydrogen-bond acceptors (Lipinski definition) is 2. The molecule has 2 N–H and O–H groups in total. The molecule has 20 heavy (non-hydrogen) atoms. The van der Waals surface area contributed by atoms with Crippen LogP contribution in [0.4, 0.5) is 4.79 Å². The highest BCUT2D eigenvalue weighted by molar-refractivity contribution is 5.73. The molecule has 2 amide bonds. The predicted molar refractivity (Wildman–Crippen MR) is 78.3 cm³/mol. The fraction of sp³-hybridized carbons (Fsp3) is 0.333. The largest absolute Gasteiger partial charge is 0.338 e. The quantitative estimate of drug-likeness (QED) is 0.871. The van der Waals surface area contributed by atoms with E-state index in [4.69, 9.17) is 0 Å². The Morgan fingerprint density at radius 2 is 2.05 bits per heavy atom. The van der Waals surface area contributed by atoms with Crippen molar-refractivity contribution in [2.75, 3.05) is 6.54 Å². The van der Waals surface area contributed by atoms with Crippen molar-refractivity contribution >= 4 is 6.03 Å². The summed E-state index contributed by atoms with van der Waals surface area (Å²) < 4.78 is 1.74. The van der Waals surface area contributed by atoms with E-state index in [1.165, 1.54) is 11.1 Å². The van der Waals surface area contributed by atoms with Crippen LogP contribution in [0.3, 0.4) is 0 Å². The summed E-state index contributed by atoms with van der Waals surface area (Å²) in [4.78, 5) is 11.7. The van der Waals surface area contributed by atoms with Crippen LogP contribution in [0.15, 0.2) is 36.5 Å². The van der Waals surface area contributed by atoms with Crippen molar-refractivity contribution in [1.29, 1.82) is 0 Å². The zero-order valence-corrected chi connectivity index (χ0v) is 11.9. The van der Waals surface area contributed by atoms with Crippen LogP contribution in [0.5, 0.6) is 0 Å². The molecule has 0 unspecified atom stereocenters. The molecular weight excluding hydrogens is 252 g/mol. The van der Waals surface area contributed by atoms with Crippen LogP contribution in [0, 0.1) is 6.92 Å². The molecule has 5 heteroatoms. The summed E-state index contributed by atoms with van der Waals surface area (Å²) in [6.45, 7) is 3.19. The maximum absolute atomic E-state index is 11.7. The van der Waals surface area contributed by atoms with Crippen LogP contribution in [0.25, 0.3) is 0 Å². The first kappa shape index (κ1) is 14.1. The van der Waals surface area contributed by atoms with Crippen molar-refractivity contribution in [3.05, 3.63) is 53.3 Å². The average Bonchev–Trinajstić information content (AvgIpc) is 2.84. The van der Waals surface area contributed by atoms with Gasteiger partial charge < -0.3 is 10.6 Å². The van der Waals surface area contributed by atoms with E-state index >= 15 is 0 Å². The molecule has 5 nitrogen and oxygen atoms in total. The normalized spacial score (nSPS) is 10.3. The Balaban J connectivity index is 1.71. The van der Waals surface area contributed by atoms with Gasteiger partial charge in [0.25, 0.3) is 0 Å². The minimum absolute atomic E-state index is 0.153. The Labute approximate surface area is 119 Å². The second-order valence-corrected chi connectivity index (χ2v) is 4.73. The SMILES string of the molecule is Cc1ccccc1CCNC(=O)NCc1ccnn1C. The Morgan fingerprint density at radius 3 is 2.75 bits per heavy atom. The summed E-state index contributed by atoms with van der Waals surface area (Å²) in [6, 6.07) is 9.94. The highest BCUT2D eigenvalue weighted by Crippen LogP contribution is 2.06. The van der Waals surface area contributed by atoms with E-state index in [2.05, 4.69) is 34.8 Å². The second-order valence-electron chi connectivity index (χ2n) is 4.73. The number of nitrogens with zero attached hydrogens (tertiary/aromatic N) is 2. The minimum Gasteiger partial charge on any atom is -0.338 e. The first-order chi connectivity index (χ1) is 9.66. The zero-order chi connectivity index (χ0) is 14.4. The van der Waals surface area contributed by atoms with E-state index in [1.54, 1.807) is 10.9 Å². The number of carbonyl (C=O) groups is 1. The van der Waals surface area contributed by atoms with Crippen molar-refractivity contribution in [2.45, 2.75) is 19.9 Å². The molecule has 0 radical (unpaired) electrons. The summed E-state index contributed by atoms with van der Waals surface area (Å²) in [6.07, 6.45) is 2.55. The van der Waals surface area contributed by atoms with Gasteiger partial charge in [-0.1, -0.05) is 24.3 Å². The first-order valence-corrected chi connectivity index (χ1v) is 6.70. The van der Waals surface area contributed by atoms with Crippen molar-refractivity contribution in [3.63, 3.8) is 0 Å². The zero-order valence-electron chi connectivity index (χ0n) is 11.9. The van der Waals surface area contributed by atoms with Crippen LogP contribution in [0.2, 0.25) is 0 Å². The molecule has 0 atom stereocenters. The van der Waals surface area contributed by atoms with Crippen molar-refractivity contribution in [3.8, 4) is 0 Å². The van der Waals surface area contributed by atoms with Crippen LogP contribution < -0.4 is 10.6 Å². The van der Waals surface area contributed by atoms with Gasteiger partial charge in [-0.2, -0.15) is 5.10 Å². The van der Waals surface area contributed by atoms with Crippen molar-refractivity contribution in [1.82, 2.24) is 20.4 Å². The Bertz CT molecular complexity index is 577. The summed E-state index contributed by atoms with van der Waals surface area (Å²) in [7, 11) is 1.85. The van der Waals surface area contributed by atoms with Gasteiger partial charge >= 0.3 is 6.03 Å². The van der Waals surface area contributed by atoms with E-state index in [1.807, 2.05) is 25.2 Å². The number of benzene rings is 1. The molecule has 0 saturated heterocycles. The van der Waals surface area contributed by atoms with Gasteiger partial charge in [0.15, 0.2) is 0 Å². The highest BCUT2D eigenvalue weighted by atomic mass is 16.2. The number of carbonyl (C=O) groups excluding carboxylic acids is 1. The molecule has 0 aliphatic carbocycles. The number of aryl methyl sites for hydroxylation is 2. The van der Waals surface area contributed by atoms with Crippen molar-refractivity contribution < 1.29 is 4.79 Å². The molecule has 0 saturated carbocycles. The van der Waals surface area contributed by atoms with Crippen LogP contribution in [-0.4, -0.2) is 22.4 Å². The molecule has 1 aromatic heterocycles. The lowest BCUT2D eigenvalue weighted by atomic mass is 10.1. The number of nitrogens with one attached hydrogen (secondary N) is 2. The molecule has 1 heterocycles. The molecule has 0 aliphatic rings. The number of rotatable bonds is 5. The Morgan fingerprint density at radius 1 is 1.25 bits per heavy atom. The van der Waals surface area contributed by atoms with E-state index in [0.29, 0.717) is 13.1 Å². The molecule has 2 rings (SSSR count). The number of amides is 2. The third-order valence-corrected chi connectivity index (χ3v) is 3.29. The summed E-state index contributed by atoms with van der Waals surface area (Å²) in [5.41, 5.74) is 3.49. The molecule has 106 valence electrons. The maximum Gasteiger partial charge on any atom is 0.315 e. The summed E-state index contributed by atoms with van der Waals surface area (Å²) >= 11 is 0. The third-order valence-electron chi connectivity index (χ3n) is 3.29.